The summed E-state index contributed by atoms with van der Waals surface area (Å²) >= 11 is 1.57. The van der Waals surface area contributed by atoms with Crippen LogP contribution in [0.15, 0.2) is 58.3 Å². The molecule has 0 saturated heterocycles. The summed E-state index contributed by atoms with van der Waals surface area (Å²) in [7, 11) is 0. The molecule has 0 spiro atoms. The van der Waals surface area contributed by atoms with Crippen molar-refractivity contribution < 1.29 is 9.32 Å². The molecular weight excluding hydrogens is 352 g/mol. The highest BCUT2D eigenvalue weighted by molar-refractivity contribution is 7.08. The van der Waals surface area contributed by atoms with Crippen LogP contribution in [0.5, 0.6) is 0 Å². The normalized spacial score (nSPS) is 10.8. The SMILES string of the molecule is O=C(CCc1nc(-c2ccsc2)no1)Nc1ccc(-n2cncn2)cc1. The van der Waals surface area contributed by atoms with E-state index < -0.39 is 0 Å². The Labute approximate surface area is 152 Å². The number of hydrogen-bond acceptors (Lipinski definition) is 7. The first kappa shape index (κ1) is 16.2. The zero-order valence-electron chi connectivity index (χ0n) is 13.6. The van der Waals surface area contributed by atoms with E-state index in [1.165, 1.54) is 6.33 Å². The van der Waals surface area contributed by atoms with Crippen LogP contribution in [-0.4, -0.2) is 30.8 Å². The van der Waals surface area contributed by atoms with Crippen LogP contribution < -0.4 is 5.32 Å². The first-order chi connectivity index (χ1) is 12.8. The van der Waals surface area contributed by atoms with Gasteiger partial charge in [-0.15, -0.1) is 0 Å². The van der Waals surface area contributed by atoms with Gasteiger partial charge < -0.3 is 9.84 Å². The lowest BCUT2D eigenvalue weighted by atomic mass is 10.2. The molecule has 0 aliphatic carbocycles. The van der Waals surface area contributed by atoms with Crippen LogP contribution in [0.25, 0.3) is 17.1 Å². The molecule has 1 aromatic carbocycles. The van der Waals surface area contributed by atoms with Crippen LogP contribution in [0.3, 0.4) is 0 Å². The summed E-state index contributed by atoms with van der Waals surface area (Å²) in [6, 6.07) is 9.27. The lowest BCUT2D eigenvalue weighted by molar-refractivity contribution is -0.116. The molecule has 3 heterocycles. The van der Waals surface area contributed by atoms with Crippen LogP contribution in [0.1, 0.15) is 12.3 Å². The summed E-state index contributed by atoms with van der Waals surface area (Å²) in [5.41, 5.74) is 2.50. The Morgan fingerprint density at radius 1 is 1.23 bits per heavy atom. The summed E-state index contributed by atoms with van der Waals surface area (Å²) in [6.07, 6.45) is 3.73. The van der Waals surface area contributed by atoms with Crippen molar-refractivity contribution in [3.8, 4) is 17.1 Å². The second-order valence-corrected chi connectivity index (χ2v) is 6.24. The molecule has 0 unspecified atom stereocenters. The van der Waals surface area contributed by atoms with E-state index in [9.17, 15) is 4.79 Å². The van der Waals surface area contributed by atoms with Gasteiger partial charge in [-0.3, -0.25) is 4.79 Å². The van der Waals surface area contributed by atoms with Crippen molar-refractivity contribution in [2.45, 2.75) is 12.8 Å². The Morgan fingerprint density at radius 3 is 2.85 bits per heavy atom. The number of benzene rings is 1. The molecule has 3 aromatic heterocycles. The van der Waals surface area contributed by atoms with Gasteiger partial charge in [0.25, 0.3) is 0 Å². The zero-order valence-corrected chi connectivity index (χ0v) is 14.4. The molecule has 4 aromatic rings. The van der Waals surface area contributed by atoms with Crippen LogP contribution in [-0.2, 0) is 11.2 Å². The fourth-order valence-electron chi connectivity index (χ4n) is 2.35. The summed E-state index contributed by atoms with van der Waals surface area (Å²) < 4.78 is 6.84. The Kier molecular flexibility index (Phi) is 4.52. The third kappa shape index (κ3) is 3.67. The predicted octanol–water partition coefficient (Wildman–Crippen LogP) is 2.95. The smallest absolute Gasteiger partial charge is 0.227 e. The molecule has 1 N–H and O–H groups in total. The molecule has 0 atom stereocenters. The highest BCUT2D eigenvalue weighted by Crippen LogP contribution is 2.19. The van der Waals surface area contributed by atoms with Gasteiger partial charge in [-0.2, -0.15) is 21.4 Å². The summed E-state index contributed by atoms with van der Waals surface area (Å²) in [5, 5.41) is 14.7. The largest absolute Gasteiger partial charge is 0.339 e. The second-order valence-electron chi connectivity index (χ2n) is 5.46. The Bertz CT molecular complexity index is 977. The quantitative estimate of drug-likeness (QED) is 0.563. The Balaban J connectivity index is 1.31. The van der Waals surface area contributed by atoms with Crippen molar-refractivity contribution >= 4 is 22.9 Å². The molecule has 0 saturated carbocycles. The molecule has 0 fully saturated rings. The minimum absolute atomic E-state index is 0.117. The third-order valence-corrected chi connectivity index (χ3v) is 4.33. The number of amides is 1. The first-order valence-corrected chi connectivity index (χ1v) is 8.82. The average molecular weight is 366 g/mol. The van der Waals surface area contributed by atoms with Gasteiger partial charge in [-0.05, 0) is 35.7 Å². The van der Waals surface area contributed by atoms with E-state index in [1.54, 1.807) is 22.3 Å². The highest BCUT2D eigenvalue weighted by atomic mass is 32.1. The van der Waals surface area contributed by atoms with Gasteiger partial charge >= 0.3 is 0 Å². The van der Waals surface area contributed by atoms with Crippen molar-refractivity contribution in [1.29, 1.82) is 0 Å². The summed E-state index contributed by atoms with van der Waals surface area (Å²) in [5.74, 6) is 0.877. The van der Waals surface area contributed by atoms with Gasteiger partial charge in [0, 0.05) is 29.5 Å². The predicted molar refractivity (Wildman–Crippen MR) is 95.9 cm³/mol. The number of anilines is 1. The molecule has 9 heteroatoms. The molecule has 8 nitrogen and oxygen atoms in total. The molecule has 130 valence electrons. The molecule has 0 aliphatic heterocycles. The number of nitrogens with one attached hydrogen (secondary N) is 1. The van der Waals surface area contributed by atoms with Gasteiger partial charge in [-0.25, -0.2) is 9.67 Å². The van der Waals surface area contributed by atoms with Crippen molar-refractivity contribution in [1.82, 2.24) is 24.9 Å². The lowest BCUT2D eigenvalue weighted by Crippen LogP contribution is -2.12. The van der Waals surface area contributed by atoms with Crippen LogP contribution in [0.2, 0.25) is 0 Å². The molecule has 26 heavy (non-hydrogen) atoms. The molecule has 0 aliphatic rings. The second kappa shape index (κ2) is 7.28. The maximum Gasteiger partial charge on any atom is 0.227 e. The van der Waals surface area contributed by atoms with E-state index in [0.717, 1.165) is 11.3 Å². The Hall–Kier alpha value is -3.33. The third-order valence-electron chi connectivity index (χ3n) is 3.65. The van der Waals surface area contributed by atoms with E-state index >= 15 is 0 Å². The van der Waals surface area contributed by atoms with Gasteiger partial charge in [0.15, 0.2) is 0 Å². The van der Waals surface area contributed by atoms with Crippen LogP contribution in [0.4, 0.5) is 5.69 Å². The van der Waals surface area contributed by atoms with E-state index in [2.05, 4.69) is 25.5 Å². The maximum atomic E-state index is 12.1. The van der Waals surface area contributed by atoms with Crippen LogP contribution in [0, 0.1) is 0 Å². The van der Waals surface area contributed by atoms with Gasteiger partial charge in [-0.1, -0.05) is 5.16 Å². The number of aromatic nitrogens is 5. The minimum atomic E-state index is -0.117. The lowest BCUT2D eigenvalue weighted by Gasteiger charge is -2.05. The summed E-state index contributed by atoms with van der Waals surface area (Å²) in [6.45, 7) is 0. The van der Waals surface area contributed by atoms with Crippen molar-refractivity contribution in [3.63, 3.8) is 0 Å². The maximum absolute atomic E-state index is 12.1. The van der Waals surface area contributed by atoms with Gasteiger partial charge in [0.1, 0.15) is 12.7 Å². The number of hydrogen-bond donors (Lipinski definition) is 1. The zero-order chi connectivity index (χ0) is 17.8. The highest BCUT2D eigenvalue weighted by Gasteiger charge is 2.11. The number of carbonyl (C=O) groups is 1. The number of carbonyl (C=O) groups excluding carboxylic acids is 1. The number of rotatable bonds is 6. The first-order valence-electron chi connectivity index (χ1n) is 7.88. The summed E-state index contributed by atoms with van der Waals surface area (Å²) in [4.78, 5) is 20.3. The van der Waals surface area contributed by atoms with E-state index in [1.807, 2.05) is 41.1 Å². The average Bonchev–Trinajstić information content (AvgIpc) is 3.42. The molecule has 1 amide bonds. The number of thiophene rings is 1. The van der Waals surface area contributed by atoms with Gasteiger partial charge in [0.2, 0.25) is 17.6 Å². The van der Waals surface area contributed by atoms with E-state index in [-0.39, 0.29) is 12.3 Å². The number of nitrogens with zero attached hydrogens (tertiary/aromatic N) is 5. The molecule has 0 radical (unpaired) electrons. The van der Waals surface area contributed by atoms with Gasteiger partial charge in [0.05, 0.1) is 5.69 Å². The molecular formula is C17H14N6O2S. The van der Waals surface area contributed by atoms with E-state index in [4.69, 9.17) is 4.52 Å². The standard InChI is InChI=1S/C17H14N6O2S/c24-15(5-6-16-21-17(22-25-16)12-7-8-26-9-12)20-13-1-3-14(4-2-13)23-11-18-10-19-23/h1-4,7-11H,5-6H2,(H,20,24). The minimum Gasteiger partial charge on any atom is -0.339 e. The fourth-order valence-corrected chi connectivity index (χ4v) is 2.98. The molecule has 0 bridgehead atoms. The Morgan fingerprint density at radius 2 is 2.12 bits per heavy atom. The monoisotopic (exact) mass is 366 g/mol. The van der Waals surface area contributed by atoms with Crippen LogP contribution >= 0.6 is 11.3 Å². The fraction of sp³-hybridized carbons (Fsp3) is 0.118. The number of aryl methyl sites for hydroxylation is 1. The van der Waals surface area contributed by atoms with Crippen molar-refractivity contribution in [2.24, 2.45) is 0 Å². The molecule has 4 rings (SSSR count). The van der Waals surface area contributed by atoms with E-state index in [0.29, 0.717) is 23.8 Å². The van der Waals surface area contributed by atoms with Crippen molar-refractivity contribution in [2.75, 3.05) is 5.32 Å². The van der Waals surface area contributed by atoms with Crippen molar-refractivity contribution in [3.05, 3.63) is 59.6 Å². The topological polar surface area (TPSA) is 98.7 Å².